The van der Waals surface area contributed by atoms with E-state index >= 15 is 0 Å². The van der Waals surface area contributed by atoms with Gasteiger partial charge in [-0.15, -0.1) is 0 Å². The first-order chi connectivity index (χ1) is 14.5. The summed E-state index contributed by atoms with van der Waals surface area (Å²) in [5.74, 6) is 0. The summed E-state index contributed by atoms with van der Waals surface area (Å²) in [5.41, 5.74) is -1.49. The first-order valence-corrected chi connectivity index (χ1v) is 15.4. The Morgan fingerprint density at radius 2 is 0.800 bits per heavy atom. The summed E-state index contributed by atoms with van der Waals surface area (Å²) in [5, 5.41) is 0. The van der Waals surface area contributed by atoms with Crippen molar-refractivity contribution < 1.29 is 28.4 Å². The van der Waals surface area contributed by atoms with Crippen molar-refractivity contribution in [2.45, 2.75) is 77.7 Å². The number of ether oxygens (including phenoxy) is 6. The van der Waals surface area contributed by atoms with Gasteiger partial charge in [-0.25, -0.2) is 0 Å². The summed E-state index contributed by atoms with van der Waals surface area (Å²) in [7, 11) is 0.892. The lowest BCUT2D eigenvalue weighted by atomic mass is 10.4. The molecule has 0 unspecified atom stereocenters. The Labute approximate surface area is 190 Å². The molecule has 0 saturated carbocycles. The summed E-state index contributed by atoms with van der Waals surface area (Å²) in [6, 6.07) is 2.28. The van der Waals surface area contributed by atoms with Crippen LogP contribution in [0.25, 0.3) is 0 Å². The van der Waals surface area contributed by atoms with E-state index < -0.39 is 30.2 Å². The average molecular weight is 468 g/mol. The van der Waals surface area contributed by atoms with Crippen molar-refractivity contribution in [3.05, 3.63) is 0 Å². The lowest BCUT2D eigenvalue weighted by molar-refractivity contribution is -0.323. The minimum atomic E-state index is -0.746. The molecule has 0 bridgehead atoms. The van der Waals surface area contributed by atoms with E-state index in [2.05, 4.69) is 11.9 Å². The minimum Gasteiger partial charge on any atom is -0.332 e. The zero-order chi connectivity index (χ0) is 22.7. The second-order valence-corrected chi connectivity index (χ2v) is 11.3. The van der Waals surface area contributed by atoms with Gasteiger partial charge in [0.15, 0.2) is 0 Å². The molecule has 0 rings (SSSR count). The quantitative estimate of drug-likeness (QED) is 0.138. The smallest absolute Gasteiger partial charge is 0.249 e. The molecule has 7 nitrogen and oxygen atoms in total. The first-order valence-electron chi connectivity index (χ1n) is 12.0. The summed E-state index contributed by atoms with van der Waals surface area (Å²) >= 11 is 0. The maximum absolute atomic E-state index is 5.86. The van der Waals surface area contributed by atoms with Gasteiger partial charge in [0.2, 0.25) is 11.2 Å². The third kappa shape index (κ3) is 12.9. The third-order valence-corrected chi connectivity index (χ3v) is 8.89. The van der Waals surface area contributed by atoms with Gasteiger partial charge in [0.1, 0.15) is 19.0 Å². The molecule has 9 heteroatoms. The standard InChI is InChI=1S/C21H49NO6Si2/c1-8-23-20(24-9-2,25-10-3)29-18-14-16-22(7)17-15-19-30-21(26-11-4,27-12-5)28-13-6/h8-19,29-30H2,1-7H3. The van der Waals surface area contributed by atoms with Crippen LogP contribution in [0.2, 0.25) is 12.1 Å². The fraction of sp³-hybridized carbons (Fsp3) is 1.00. The van der Waals surface area contributed by atoms with Crippen LogP contribution in [0, 0.1) is 0 Å². The van der Waals surface area contributed by atoms with Crippen LogP contribution in [-0.4, -0.2) is 94.9 Å². The number of rotatable bonds is 22. The van der Waals surface area contributed by atoms with Gasteiger partial charge in [-0.2, -0.15) is 0 Å². The van der Waals surface area contributed by atoms with Crippen LogP contribution in [0.1, 0.15) is 54.4 Å². The Hall–Kier alpha value is 0.154. The van der Waals surface area contributed by atoms with Crippen LogP contribution in [0.15, 0.2) is 0 Å². The summed E-state index contributed by atoms with van der Waals surface area (Å²) in [6.45, 7) is 17.8. The Morgan fingerprint density at radius 3 is 1.03 bits per heavy atom. The molecule has 0 spiro atoms. The van der Waals surface area contributed by atoms with Crippen LogP contribution < -0.4 is 0 Å². The fourth-order valence-corrected chi connectivity index (χ4v) is 7.46. The minimum absolute atomic E-state index is 0.615. The Balaban J connectivity index is 4.25. The molecule has 0 aromatic heterocycles. The number of nitrogens with zero attached hydrogens (tertiary/aromatic N) is 1. The van der Waals surface area contributed by atoms with Crippen molar-refractivity contribution in [1.29, 1.82) is 0 Å². The van der Waals surface area contributed by atoms with Gasteiger partial charge in [0.25, 0.3) is 0 Å². The monoisotopic (exact) mass is 467 g/mol. The summed E-state index contributed by atoms with van der Waals surface area (Å²) in [6.07, 6.45) is 2.30. The lowest BCUT2D eigenvalue weighted by Crippen LogP contribution is -2.45. The topological polar surface area (TPSA) is 58.6 Å². The van der Waals surface area contributed by atoms with E-state index in [9.17, 15) is 0 Å². The van der Waals surface area contributed by atoms with Crippen LogP contribution >= 0.6 is 0 Å². The highest BCUT2D eigenvalue weighted by Gasteiger charge is 2.32. The van der Waals surface area contributed by atoms with Gasteiger partial charge >= 0.3 is 0 Å². The van der Waals surface area contributed by atoms with Gasteiger partial charge in [0.05, 0.1) is 0 Å². The molecule has 0 aliphatic carbocycles. The highest BCUT2D eigenvalue weighted by atomic mass is 28.2. The molecule has 0 N–H and O–H groups in total. The van der Waals surface area contributed by atoms with Crippen molar-refractivity contribution in [3.8, 4) is 0 Å². The molecule has 0 heterocycles. The predicted molar refractivity (Wildman–Crippen MR) is 129 cm³/mol. The fourth-order valence-electron chi connectivity index (χ4n) is 3.56. The number of hydrogen-bond donors (Lipinski definition) is 0. The van der Waals surface area contributed by atoms with Crippen molar-refractivity contribution in [1.82, 2.24) is 4.90 Å². The van der Waals surface area contributed by atoms with Crippen molar-refractivity contribution in [2.24, 2.45) is 0 Å². The van der Waals surface area contributed by atoms with E-state index in [-0.39, 0.29) is 0 Å². The van der Waals surface area contributed by atoms with Gasteiger partial charge in [-0.3, -0.25) is 0 Å². The van der Waals surface area contributed by atoms with Gasteiger partial charge in [-0.05, 0) is 74.5 Å². The van der Waals surface area contributed by atoms with E-state index in [1.165, 1.54) is 0 Å². The molecule has 0 saturated heterocycles. The van der Waals surface area contributed by atoms with Gasteiger partial charge < -0.3 is 33.3 Å². The third-order valence-electron chi connectivity index (χ3n) is 4.73. The normalized spacial score (nSPS) is 13.6. The van der Waals surface area contributed by atoms with E-state index in [4.69, 9.17) is 28.4 Å². The highest BCUT2D eigenvalue weighted by molar-refractivity contribution is 6.38. The lowest BCUT2D eigenvalue weighted by Gasteiger charge is -2.33. The second-order valence-electron chi connectivity index (χ2n) is 7.18. The average Bonchev–Trinajstić information content (AvgIpc) is 2.70. The van der Waals surface area contributed by atoms with Crippen molar-refractivity contribution >= 4 is 19.0 Å². The van der Waals surface area contributed by atoms with Crippen LogP contribution in [-0.2, 0) is 28.4 Å². The molecule has 0 radical (unpaired) electrons. The molecule has 0 amide bonds. The zero-order valence-corrected chi connectivity index (χ0v) is 23.6. The summed E-state index contributed by atoms with van der Waals surface area (Å²) < 4.78 is 35.2. The van der Waals surface area contributed by atoms with Gasteiger partial charge in [-0.1, -0.05) is 12.1 Å². The van der Waals surface area contributed by atoms with E-state index in [0.717, 1.165) is 38.0 Å². The predicted octanol–water partition coefficient (Wildman–Crippen LogP) is 2.31. The molecule has 0 aliphatic heterocycles. The first kappa shape index (κ1) is 30.2. The van der Waals surface area contributed by atoms with E-state index in [0.29, 0.717) is 39.6 Å². The Kier molecular flexibility index (Phi) is 18.8. The highest BCUT2D eigenvalue weighted by Crippen LogP contribution is 2.18. The van der Waals surface area contributed by atoms with Crippen LogP contribution in [0.3, 0.4) is 0 Å². The van der Waals surface area contributed by atoms with E-state index in [1.54, 1.807) is 0 Å². The molecule has 30 heavy (non-hydrogen) atoms. The van der Waals surface area contributed by atoms with Crippen LogP contribution in [0.5, 0.6) is 0 Å². The molecular formula is C21H49NO6Si2. The number of hydrogen-bond acceptors (Lipinski definition) is 7. The summed E-state index contributed by atoms with van der Waals surface area (Å²) in [4.78, 5) is 2.41. The molecule has 0 aromatic carbocycles. The molecule has 0 aromatic rings. The van der Waals surface area contributed by atoms with Crippen molar-refractivity contribution in [2.75, 3.05) is 59.8 Å². The maximum Gasteiger partial charge on any atom is 0.249 e. The molecule has 0 aliphatic rings. The van der Waals surface area contributed by atoms with E-state index in [1.807, 2.05) is 41.5 Å². The molecule has 0 atom stereocenters. The maximum atomic E-state index is 5.86. The molecule has 182 valence electrons. The van der Waals surface area contributed by atoms with Crippen molar-refractivity contribution in [3.63, 3.8) is 0 Å². The Bertz CT molecular complexity index is 324. The Morgan fingerprint density at radius 1 is 0.533 bits per heavy atom. The molecular weight excluding hydrogens is 418 g/mol. The SMILES string of the molecule is CCOC(OCC)(OCC)[SiH2]CCCN(C)CCC[SiH2]C(OCC)(OCC)OCC. The largest absolute Gasteiger partial charge is 0.332 e. The van der Waals surface area contributed by atoms with Gasteiger partial charge in [0, 0.05) is 39.6 Å². The van der Waals surface area contributed by atoms with Crippen LogP contribution in [0.4, 0.5) is 0 Å². The zero-order valence-electron chi connectivity index (χ0n) is 20.8. The molecule has 0 fully saturated rings. The second kappa shape index (κ2) is 18.7.